The number of aliphatic hydroxyl groups excluding tert-OH is 2. The maximum Gasteiger partial charge on any atom is 0.312 e. The molecule has 5 bridgehead atoms. The smallest absolute Gasteiger partial charge is 0.312 e. The van der Waals surface area contributed by atoms with Gasteiger partial charge >= 0.3 is 11.8 Å². The molecule has 14 nitrogen and oxygen atoms in total. The fourth-order valence-corrected chi connectivity index (χ4v) is 7.71. The summed E-state index contributed by atoms with van der Waals surface area (Å²) >= 11 is 6.22. The van der Waals surface area contributed by atoms with Crippen LogP contribution >= 0.6 is 11.6 Å². The number of hydrogen-bond donors (Lipinski definition) is 5. The van der Waals surface area contributed by atoms with Crippen LogP contribution < -0.4 is 15.4 Å². The van der Waals surface area contributed by atoms with E-state index in [-0.39, 0.29) is 28.1 Å². The number of carbonyl (C=O) groups excluding carboxylic acids is 5. The number of amides is 1. The number of phenolic OH excluding ortho intramolecular Hbond substituents is 1. The molecule has 0 saturated heterocycles. The van der Waals surface area contributed by atoms with Crippen LogP contribution in [0.15, 0.2) is 71.8 Å². The van der Waals surface area contributed by atoms with Gasteiger partial charge in [0.1, 0.15) is 29.0 Å². The molecule has 0 aromatic heterocycles. The van der Waals surface area contributed by atoms with Gasteiger partial charge in [0.25, 0.3) is 11.7 Å². The number of aliphatic hydroxyl groups is 2. The molecule has 4 aliphatic rings. The second-order valence-electron chi connectivity index (χ2n) is 15.2. The number of phenols is 1. The number of carbonyl (C=O) groups is 5. The van der Waals surface area contributed by atoms with E-state index in [0.29, 0.717) is 5.02 Å². The molecule has 9 atom stereocenters. The van der Waals surface area contributed by atoms with Crippen LogP contribution in [0.4, 0.5) is 5.69 Å². The molecule has 3 aliphatic heterocycles. The lowest BCUT2D eigenvalue weighted by Gasteiger charge is -2.38. The molecule has 1 amide bonds. The number of rotatable bonds is 4. The minimum absolute atomic E-state index is 0.0334. The first kappa shape index (κ1) is 43.8. The van der Waals surface area contributed by atoms with Gasteiger partial charge in [-0.2, -0.15) is 0 Å². The van der Waals surface area contributed by atoms with E-state index in [1.807, 2.05) is 0 Å². The zero-order valence-corrected chi connectivity index (χ0v) is 34.5. The van der Waals surface area contributed by atoms with E-state index < -0.39 is 111 Å². The first-order valence-corrected chi connectivity index (χ1v) is 19.2. The highest BCUT2D eigenvalue weighted by Gasteiger charge is 2.53. The van der Waals surface area contributed by atoms with E-state index in [1.165, 1.54) is 59.1 Å². The van der Waals surface area contributed by atoms with Crippen molar-refractivity contribution in [3.05, 3.63) is 99.1 Å². The third-order valence-corrected chi connectivity index (χ3v) is 11.3. The van der Waals surface area contributed by atoms with Crippen LogP contribution in [0.3, 0.4) is 0 Å². The Labute approximate surface area is 341 Å². The first-order chi connectivity index (χ1) is 27.2. The maximum atomic E-state index is 14.6. The Morgan fingerprint density at radius 2 is 1.64 bits per heavy atom. The normalized spacial score (nSPS) is 29.4. The SMILES string of the molecule is CO[C@H]1C=CO[C@@]2(C)Oc3c(C)c(O)c4c(c3C2=O)C(=O)C(Nc2cccc(Cl)c2)=C(NC(=O)C(C)=CC=C[C@H](C)[C@H](O)[C@@H](C)[C@H](O)[C@H](C)[C@H](OC(C)=O)[C@@H]1C)C4=O. The summed E-state index contributed by atoms with van der Waals surface area (Å²) in [6, 6.07) is 6.25. The summed E-state index contributed by atoms with van der Waals surface area (Å²) in [6.07, 6.45) is 3.25. The molecule has 310 valence electrons. The van der Waals surface area contributed by atoms with Crippen molar-refractivity contribution in [2.45, 2.75) is 85.6 Å². The van der Waals surface area contributed by atoms with Crippen LogP contribution in [0, 0.1) is 30.6 Å². The van der Waals surface area contributed by atoms with Crippen LogP contribution in [0.2, 0.25) is 5.02 Å². The Hall–Kier alpha value is -5.28. The van der Waals surface area contributed by atoms with E-state index in [0.717, 1.165) is 6.26 Å². The number of fused-ring (bicyclic) bond motifs is 14. The number of Topliss-reactive ketones (excluding diaryl/α,β-unsaturated/α-hetero) is 3. The lowest BCUT2D eigenvalue weighted by molar-refractivity contribution is -0.160. The van der Waals surface area contributed by atoms with Crippen molar-refractivity contribution in [1.29, 1.82) is 0 Å². The number of nitrogens with one attached hydrogen (secondary N) is 2. The van der Waals surface area contributed by atoms with Crippen LogP contribution in [0.25, 0.3) is 0 Å². The van der Waals surface area contributed by atoms with Crippen molar-refractivity contribution in [3.63, 3.8) is 0 Å². The molecule has 2 aromatic rings. The number of methoxy groups -OCH3 is 1. The lowest BCUT2D eigenvalue weighted by atomic mass is 9.78. The van der Waals surface area contributed by atoms with Gasteiger partial charge in [0, 0.05) is 66.5 Å². The highest BCUT2D eigenvalue weighted by molar-refractivity contribution is 6.33. The van der Waals surface area contributed by atoms with Gasteiger partial charge in [0.05, 0.1) is 41.3 Å². The number of aromatic hydroxyl groups is 1. The van der Waals surface area contributed by atoms with Gasteiger partial charge in [-0.25, -0.2) is 0 Å². The van der Waals surface area contributed by atoms with Gasteiger partial charge in [-0.05, 0) is 38.1 Å². The summed E-state index contributed by atoms with van der Waals surface area (Å²) in [6.45, 7) is 12.2. The van der Waals surface area contributed by atoms with Crippen LogP contribution in [-0.4, -0.2) is 81.9 Å². The summed E-state index contributed by atoms with van der Waals surface area (Å²) in [4.78, 5) is 69.4. The van der Waals surface area contributed by atoms with Crippen molar-refractivity contribution in [3.8, 4) is 11.5 Å². The van der Waals surface area contributed by atoms with Gasteiger partial charge in [0.2, 0.25) is 11.6 Å². The number of allylic oxidation sites excluding steroid dienone is 4. The summed E-state index contributed by atoms with van der Waals surface area (Å²) in [5.74, 6) is -9.62. The number of benzene rings is 2. The summed E-state index contributed by atoms with van der Waals surface area (Å²) in [5, 5.41) is 40.0. The van der Waals surface area contributed by atoms with Crippen molar-refractivity contribution < 1.29 is 58.2 Å². The van der Waals surface area contributed by atoms with Crippen molar-refractivity contribution in [1.82, 2.24) is 5.32 Å². The van der Waals surface area contributed by atoms with Gasteiger partial charge in [-0.1, -0.05) is 63.6 Å². The maximum absolute atomic E-state index is 14.6. The number of anilines is 1. The molecule has 0 saturated carbocycles. The van der Waals surface area contributed by atoms with Gasteiger partial charge in [0.15, 0.2) is 0 Å². The zero-order chi connectivity index (χ0) is 43.0. The predicted octanol–water partition coefficient (Wildman–Crippen LogP) is 5.72. The molecule has 15 heteroatoms. The third kappa shape index (κ3) is 8.33. The summed E-state index contributed by atoms with van der Waals surface area (Å²) in [5.41, 5.74) is -1.85. The van der Waals surface area contributed by atoms with Crippen LogP contribution in [0.1, 0.15) is 85.1 Å². The average Bonchev–Trinajstić information content (AvgIpc) is 3.44. The van der Waals surface area contributed by atoms with E-state index in [1.54, 1.807) is 52.0 Å². The van der Waals surface area contributed by atoms with E-state index in [9.17, 15) is 39.3 Å². The molecule has 0 fully saturated rings. The second-order valence-corrected chi connectivity index (χ2v) is 15.6. The highest BCUT2D eigenvalue weighted by Crippen LogP contribution is 2.48. The molecule has 0 unspecified atom stereocenters. The van der Waals surface area contributed by atoms with Crippen molar-refractivity contribution in [2.24, 2.45) is 23.7 Å². The standard InChI is InChI=1S/C43H49ClN2O12/c1-19-12-10-13-20(2)42(54)46-33-32(45-27-15-11-14-26(44)18-27)37(51)29-30(38(33)52)36(50)24(6)40-31(29)41(53)43(8,58-40)56-17-16-28(55-9)21(3)39(57-25(7)47)23(5)35(49)22(4)34(19)48/h10-19,21-23,28,34-35,39,45,48-50H,1-9H3,(H,46,54)/t19-,21+,22+,23-,28-,34-,35-,39+,43-/m0/s1. The minimum Gasteiger partial charge on any atom is -0.507 e. The number of ketones is 3. The molecule has 0 spiro atoms. The first-order valence-electron chi connectivity index (χ1n) is 18.8. The van der Waals surface area contributed by atoms with E-state index in [2.05, 4.69) is 10.6 Å². The fraction of sp³-hybridized carbons (Fsp3) is 0.419. The molecule has 2 aromatic carbocycles. The number of esters is 1. The topological polar surface area (TPSA) is 207 Å². The van der Waals surface area contributed by atoms with Crippen molar-refractivity contribution >= 4 is 46.5 Å². The highest BCUT2D eigenvalue weighted by atomic mass is 35.5. The second kappa shape index (κ2) is 17.3. The molecular formula is C43H49ClN2O12. The minimum atomic E-state index is -2.11. The van der Waals surface area contributed by atoms with Crippen molar-refractivity contribution in [2.75, 3.05) is 12.4 Å². The van der Waals surface area contributed by atoms with Gasteiger partial charge in [-0.15, -0.1) is 0 Å². The summed E-state index contributed by atoms with van der Waals surface area (Å²) in [7, 11) is 1.41. The quantitative estimate of drug-likeness (QED) is 0.234. The summed E-state index contributed by atoms with van der Waals surface area (Å²) < 4.78 is 23.4. The van der Waals surface area contributed by atoms with Crippen LogP contribution in [0.5, 0.6) is 11.5 Å². The Balaban J connectivity index is 1.68. The number of hydrogen-bond acceptors (Lipinski definition) is 13. The monoisotopic (exact) mass is 820 g/mol. The zero-order valence-electron chi connectivity index (χ0n) is 33.7. The average molecular weight is 821 g/mol. The van der Waals surface area contributed by atoms with E-state index in [4.69, 9.17) is 30.5 Å². The van der Waals surface area contributed by atoms with Gasteiger partial charge in [-0.3, -0.25) is 24.0 Å². The van der Waals surface area contributed by atoms with E-state index >= 15 is 0 Å². The molecule has 3 heterocycles. The third-order valence-electron chi connectivity index (χ3n) is 11.1. The Kier molecular flexibility index (Phi) is 13.1. The number of halogens is 1. The van der Waals surface area contributed by atoms with Gasteiger partial charge < -0.3 is 44.9 Å². The molecule has 1 aliphatic carbocycles. The molecular weight excluding hydrogens is 772 g/mol. The number of ether oxygens (including phenoxy) is 4. The molecule has 0 radical (unpaired) electrons. The Morgan fingerprint density at radius 3 is 2.28 bits per heavy atom. The lowest BCUT2D eigenvalue weighted by Crippen LogP contribution is -2.46. The predicted molar refractivity (Wildman–Crippen MR) is 213 cm³/mol. The largest absolute Gasteiger partial charge is 0.507 e. The molecule has 6 rings (SSSR count). The molecule has 58 heavy (non-hydrogen) atoms. The Morgan fingerprint density at radius 1 is 0.948 bits per heavy atom. The Bertz CT molecular complexity index is 2160. The fourth-order valence-electron chi connectivity index (χ4n) is 7.52. The molecule has 5 N–H and O–H groups in total. The van der Waals surface area contributed by atoms with Crippen LogP contribution in [-0.2, 0) is 23.8 Å².